The monoisotopic (exact) mass is 288 g/mol. The van der Waals surface area contributed by atoms with E-state index in [0.717, 1.165) is 0 Å². The van der Waals surface area contributed by atoms with E-state index in [0.29, 0.717) is 0 Å². The van der Waals surface area contributed by atoms with E-state index in [1.807, 2.05) is 0 Å². The van der Waals surface area contributed by atoms with Crippen LogP contribution in [0.4, 0.5) is 0 Å². The third kappa shape index (κ3) is 172. The summed E-state index contributed by atoms with van der Waals surface area (Å²) >= 11 is 0. The first-order chi connectivity index (χ1) is 2.00. The van der Waals surface area contributed by atoms with Gasteiger partial charge in [0.25, 0.3) is 0 Å². The predicted octanol–water partition coefficient (Wildman–Crippen LogP) is -4.24. The molecule has 0 unspecified atom stereocenters. The molecule has 5 nitrogen and oxygen atoms in total. The summed E-state index contributed by atoms with van der Waals surface area (Å²) in [4.78, 5) is 21.6. The molecule has 0 saturated heterocycles. The first-order valence-corrected chi connectivity index (χ1v) is 2.35. The Morgan fingerprint density at radius 3 is 1.09 bits per heavy atom. The molecule has 0 rings (SSSR count). The minimum atomic E-state index is -4.64. The molecule has 0 aliphatic rings. The van der Waals surface area contributed by atoms with E-state index in [2.05, 4.69) is 0 Å². The van der Waals surface area contributed by atoms with Crippen molar-refractivity contribution >= 4 is 70.6 Å². The normalized spacial score (nSPS) is 5.36. The van der Waals surface area contributed by atoms with Gasteiger partial charge in [-0.3, -0.25) is 0 Å². The second-order valence-corrected chi connectivity index (χ2v) is 1.54. The quantitative estimate of drug-likeness (QED) is 0.310. The molecule has 65 valence electrons. The molecule has 0 spiro atoms. The Labute approximate surface area is 128 Å². The summed E-state index contributed by atoms with van der Waals surface area (Å²) in [6.07, 6.45) is 0. The zero-order valence-electron chi connectivity index (χ0n) is 3.43. The van der Waals surface area contributed by atoms with Crippen LogP contribution in [0.25, 0.3) is 0 Å². The Hall–Kier alpha value is 3.04. The van der Waals surface area contributed by atoms with Gasteiger partial charge in [0.15, 0.2) is 0 Å². The first-order valence-electron chi connectivity index (χ1n) is 0.783. The van der Waals surface area contributed by atoms with Gasteiger partial charge in [0, 0.05) is 34.1 Å². The summed E-state index contributed by atoms with van der Waals surface area (Å²) in [5, 5.41) is 0. The van der Waals surface area contributed by atoms with Crippen molar-refractivity contribution in [2.75, 3.05) is 0 Å². The van der Waals surface area contributed by atoms with Crippen molar-refractivity contribution in [2.24, 2.45) is 0 Å². The van der Waals surface area contributed by atoms with Crippen molar-refractivity contribution in [3.05, 3.63) is 0 Å². The third-order valence-electron chi connectivity index (χ3n) is 0. The van der Waals surface area contributed by atoms with Gasteiger partial charge in [-0.05, 0) is 0 Å². The molecule has 0 amide bonds. The van der Waals surface area contributed by atoms with Crippen LogP contribution < -0.4 is 0 Å². The summed E-state index contributed by atoms with van der Waals surface area (Å²) in [6.45, 7) is 0. The molecular formula is H10BeFeMgMnNaO5P. The van der Waals surface area contributed by atoms with Crippen LogP contribution in [0, 0.1) is 0 Å². The average Bonchev–Trinajstić information content (AvgIpc) is 0.722. The van der Waals surface area contributed by atoms with Crippen LogP contribution in [0.5, 0.6) is 0 Å². The molecule has 11 heteroatoms. The van der Waals surface area contributed by atoms with Gasteiger partial charge < -0.3 is 20.2 Å². The summed E-state index contributed by atoms with van der Waals surface area (Å²) in [6, 6.07) is 0. The predicted molar refractivity (Wildman–Crippen MR) is 42.1 cm³/mol. The fourth-order valence-corrected chi connectivity index (χ4v) is 0. The topological polar surface area (TPSA) is 109 Å². The number of hydrogen-bond donors (Lipinski definition) is 3. The Bertz CT molecular complexity index is 72.6. The molecule has 0 aliphatic heterocycles. The fourth-order valence-electron chi connectivity index (χ4n) is 0. The van der Waals surface area contributed by atoms with Crippen molar-refractivity contribution < 1.29 is 58.9 Å². The van der Waals surface area contributed by atoms with E-state index in [9.17, 15) is 0 Å². The van der Waals surface area contributed by atoms with Crippen LogP contribution in [0.2, 0.25) is 0 Å². The Morgan fingerprint density at radius 1 is 1.09 bits per heavy atom. The van der Waals surface area contributed by atoms with Crippen LogP contribution in [0.1, 0.15) is 0 Å². The van der Waals surface area contributed by atoms with Crippen molar-refractivity contribution in [3.63, 3.8) is 0 Å². The summed E-state index contributed by atoms with van der Waals surface area (Å²) in [5.41, 5.74) is 0. The van der Waals surface area contributed by atoms with Crippen molar-refractivity contribution in [1.29, 1.82) is 0 Å². The first kappa shape index (κ1) is 48.2. The van der Waals surface area contributed by atoms with Crippen LogP contribution in [0.3, 0.4) is 0 Å². The maximum atomic E-state index is 8.88. The number of rotatable bonds is 0. The van der Waals surface area contributed by atoms with Crippen molar-refractivity contribution in [1.82, 2.24) is 0 Å². The molecular weight excluding hydrogens is 278 g/mol. The zero-order chi connectivity index (χ0) is 4.50. The van der Waals surface area contributed by atoms with Gasteiger partial charge in [-0.1, -0.05) is 0 Å². The second-order valence-electron chi connectivity index (χ2n) is 0.513. The fraction of sp³-hybridized carbons (Fsp3) is 0. The van der Waals surface area contributed by atoms with E-state index in [-0.39, 0.29) is 102 Å². The Balaban J connectivity index is -0.00000000533. The van der Waals surface area contributed by atoms with Crippen LogP contribution >= 0.6 is 7.82 Å². The average molecular weight is 288 g/mol. The molecule has 0 aliphatic carbocycles. The molecule has 0 aromatic carbocycles. The molecule has 0 saturated carbocycles. The van der Waals surface area contributed by atoms with Crippen LogP contribution in [-0.2, 0) is 38.7 Å². The van der Waals surface area contributed by atoms with E-state index >= 15 is 0 Å². The van der Waals surface area contributed by atoms with Gasteiger partial charge in [-0.15, -0.1) is 0 Å². The molecule has 5 N–H and O–H groups in total. The SMILES string of the molecule is O.O=P(O)(O)O.[BeH2].[Fe].[MgH2].[Mn].[NaH]. The third-order valence-corrected chi connectivity index (χ3v) is 0. The molecule has 0 atom stereocenters. The van der Waals surface area contributed by atoms with E-state index < -0.39 is 7.82 Å². The van der Waals surface area contributed by atoms with Crippen LogP contribution in [-0.4, -0.2) is 82.9 Å². The van der Waals surface area contributed by atoms with E-state index in [1.165, 1.54) is 0 Å². The van der Waals surface area contributed by atoms with Gasteiger partial charge in [0.2, 0.25) is 0 Å². The summed E-state index contributed by atoms with van der Waals surface area (Å²) in [5.74, 6) is 0. The maximum absolute atomic E-state index is 8.88. The Morgan fingerprint density at radius 2 is 1.09 bits per heavy atom. The van der Waals surface area contributed by atoms with Gasteiger partial charge >= 0.3 is 70.6 Å². The van der Waals surface area contributed by atoms with Gasteiger partial charge in [0.1, 0.15) is 0 Å². The number of phosphoric acid groups is 1. The number of hydrogen-bond acceptors (Lipinski definition) is 1. The minimum absolute atomic E-state index is 0. The molecule has 0 aromatic heterocycles. The molecule has 0 aromatic rings. The standard InChI is InChI=1S/Be.Fe.Mg.Mn.Na.H3O4P.H2O.5H/c;;;;;1-5(2,3)4;;;;;;/h;;;;;(H3,1,2,3,4);1H2;;;;;. The van der Waals surface area contributed by atoms with Gasteiger partial charge in [0.05, 0.1) is 0 Å². The molecule has 1 radical (unpaired) electrons. The molecule has 0 bridgehead atoms. The van der Waals surface area contributed by atoms with Gasteiger partial charge in [-0.2, -0.15) is 0 Å². The summed E-state index contributed by atoms with van der Waals surface area (Å²) < 4.78 is 8.88. The summed E-state index contributed by atoms with van der Waals surface area (Å²) in [7, 11) is -4.64. The van der Waals surface area contributed by atoms with Gasteiger partial charge in [-0.25, -0.2) is 4.57 Å². The van der Waals surface area contributed by atoms with E-state index in [1.54, 1.807) is 0 Å². The van der Waals surface area contributed by atoms with Crippen molar-refractivity contribution in [2.45, 2.75) is 0 Å². The second kappa shape index (κ2) is 23.1. The van der Waals surface area contributed by atoms with Crippen molar-refractivity contribution in [3.8, 4) is 0 Å². The zero-order valence-corrected chi connectivity index (χ0v) is 6.61. The van der Waals surface area contributed by atoms with Crippen LogP contribution in [0.15, 0.2) is 0 Å². The van der Waals surface area contributed by atoms with E-state index in [4.69, 9.17) is 19.2 Å². The Kier molecular flexibility index (Phi) is 101. The molecule has 0 fully saturated rings. The molecule has 11 heavy (non-hydrogen) atoms. The molecule has 0 heterocycles.